The monoisotopic (exact) mass is 286 g/mol. The van der Waals surface area contributed by atoms with Gasteiger partial charge in [-0.05, 0) is 18.2 Å². The maximum Gasteiger partial charge on any atom is 0.323 e. The van der Waals surface area contributed by atoms with Crippen molar-refractivity contribution in [2.45, 2.75) is 6.92 Å². The zero-order chi connectivity index (χ0) is 13.3. The highest BCUT2D eigenvalue weighted by molar-refractivity contribution is 7.91. The number of thiazole rings is 1. The highest BCUT2D eigenvalue weighted by Gasteiger charge is 2.12. The van der Waals surface area contributed by atoms with Crippen LogP contribution in [0.15, 0.2) is 18.2 Å². The van der Waals surface area contributed by atoms with Gasteiger partial charge in [0.15, 0.2) is 5.13 Å². The zero-order valence-electron chi connectivity index (χ0n) is 9.30. The van der Waals surface area contributed by atoms with Gasteiger partial charge in [0.2, 0.25) is 5.91 Å². The molecule has 96 valence electrons. The first kappa shape index (κ1) is 12.6. The minimum Gasteiger partial charge on any atom is -0.375 e. The summed E-state index contributed by atoms with van der Waals surface area (Å²) in [6, 6.07) is 4.79. The van der Waals surface area contributed by atoms with Gasteiger partial charge in [0, 0.05) is 6.92 Å². The molecule has 0 radical (unpaired) electrons. The quantitative estimate of drug-likeness (QED) is 0.767. The maximum absolute atomic E-state index is 11.5. The van der Waals surface area contributed by atoms with Gasteiger partial charge >= 0.3 is 10.2 Å². The zero-order valence-corrected chi connectivity index (χ0v) is 10.9. The summed E-state index contributed by atoms with van der Waals surface area (Å²) < 4.78 is 27.7. The van der Waals surface area contributed by atoms with Crippen LogP contribution in [0.4, 0.5) is 10.8 Å². The number of nitrogens with one attached hydrogen (secondary N) is 2. The van der Waals surface area contributed by atoms with Crippen LogP contribution in [-0.4, -0.2) is 19.3 Å². The average Bonchev–Trinajstić information content (AvgIpc) is 2.54. The van der Waals surface area contributed by atoms with Crippen LogP contribution in [0, 0.1) is 0 Å². The Bertz CT molecular complexity index is 708. The minimum absolute atomic E-state index is 0.333. The van der Waals surface area contributed by atoms with Crippen LogP contribution >= 0.6 is 11.3 Å². The second-order valence-electron chi connectivity index (χ2n) is 3.50. The van der Waals surface area contributed by atoms with Gasteiger partial charge in [-0.3, -0.25) is 9.52 Å². The molecule has 0 fully saturated rings. The number of aromatic nitrogens is 1. The summed E-state index contributed by atoms with van der Waals surface area (Å²) in [5, 5.41) is 0.409. The van der Waals surface area contributed by atoms with E-state index in [9.17, 15) is 13.2 Å². The van der Waals surface area contributed by atoms with Gasteiger partial charge in [-0.2, -0.15) is 8.42 Å². The highest BCUT2D eigenvalue weighted by Crippen LogP contribution is 2.26. The predicted molar refractivity (Wildman–Crippen MR) is 70.4 cm³/mol. The molecular weight excluding hydrogens is 276 g/mol. The molecule has 1 amide bonds. The second kappa shape index (κ2) is 4.42. The summed E-state index contributed by atoms with van der Waals surface area (Å²) in [5.41, 5.74) is 6.57. The van der Waals surface area contributed by atoms with E-state index >= 15 is 0 Å². The SMILES string of the molecule is CC(=O)NS(=O)(=O)Nc1ccc2nc(N)sc2c1. The largest absolute Gasteiger partial charge is 0.375 e. The third-order valence-electron chi connectivity index (χ3n) is 1.94. The molecule has 1 heterocycles. The van der Waals surface area contributed by atoms with Gasteiger partial charge in [0.05, 0.1) is 15.9 Å². The topological polar surface area (TPSA) is 114 Å². The third kappa shape index (κ3) is 2.87. The fourth-order valence-electron chi connectivity index (χ4n) is 1.38. The Balaban J connectivity index is 2.29. The average molecular weight is 286 g/mol. The van der Waals surface area contributed by atoms with Crippen molar-refractivity contribution in [1.82, 2.24) is 9.71 Å². The van der Waals surface area contributed by atoms with Crippen molar-refractivity contribution >= 4 is 48.5 Å². The Morgan fingerprint density at radius 3 is 2.83 bits per heavy atom. The van der Waals surface area contributed by atoms with Crippen molar-refractivity contribution in [3.05, 3.63) is 18.2 Å². The molecule has 4 N–H and O–H groups in total. The Morgan fingerprint density at radius 1 is 1.44 bits per heavy atom. The van der Waals surface area contributed by atoms with E-state index in [1.54, 1.807) is 22.9 Å². The van der Waals surface area contributed by atoms with E-state index in [0.717, 1.165) is 11.6 Å². The molecule has 0 spiro atoms. The first-order valence-corrected chi connectivity index (χ1v) is 7.13. The molecule has 0 aliphatic rings. The number of hydrogen-bond donors (Lipinski definition) is 3. The van der Waals surface area contributed by atoms with Crippen LogP contribution in [0.1, 0.15) is 6.92 Å². The van der Waals surface area contributed by atoms with Crippen LogP contribution in [0.3, 0.4) is 0 Å². The number of nitrogens with two attached hydrogens (primary N) is 1. The number of anilines is 2. The molecule has 1 aromatic carbocycles. The lowest BCUT2D eigenvalue weighted by atomic mass is 10.3. The molecule has 18 heavy (non-hydrogen) atoms. The van der Waals surface area contributed by atoms with Crippen molar-refractivity contribution in [3.8, 4) is 0 Å². The molecule has 0 bridgehead atoms. The van der Waals surface area contributed by atoms with Crippen LogP contribution in [0.5, 0.6) is 0 Å². The first-order valence-electron chi connectivity index (χ1n) is 4.83. The standard InChI is InChI=1S/C9H10N4O3S2/c1-5(14)12-18(15,16)13-6-2-3-7-8(4-6)17-9(10)11-7/h2-4,13H,1H3,(H2,10,11)(H,12,14). The fourth-order valence-corrected chi connectivity index (χ4v) is 3.02. The number of carbonyl (C=O) groups excluding carboxylic acids is 1. The van der Waals surface area contributed by atoms with E-state index in [-0.39, 0.29) is 0 Å². The van der Waals surface area contributed by atoms with Gasteiger partial charge in [-0.25, -0.2) is 9.71 Å². The van der Waals surface area contributed by atoms with Crippen molar-refractivity contribution in [2.24, 2.45) is 0 Å². The van der Waals surface area contributed by atoms with Crippen molar-refractivity contribution in [2.75, 3.05) is 10.5 Å². The van der Waals surface area contributed by atoms with E-state index < -0.39 is 16.1 Å². The number of benzene rings is 1. The van der Waals surface area contributed by atoms with E-state index in [1.807, 2.05) is 0 Å². The van der Waals surface area contributed by atoms with Gasteiger partial charge in [-0.1, -0.05) is 11.3 Å². The lowest BCUT2D eigenvalue weighted by Gasteiger charge is -2.07. The maximum atomic E-state index is 11.5. The summed E-state index contributed by atoms with van der Waals surface area (Å²) in [4.78, 5) is 14.8. The Hall–Kier alpha value is -1.87. The summed E-state index contributed by atoms with van der Waals surface area (Å²) in [6.07, 6.45) is 0. The molecule has 0 aliphatic carbocycles. The minimum atomic E-state index is -3.89. The summed E-state index contributed by atoms with van der Waals surface area (Å²) in [5.74, 6) is -0.661. The molecule has 7 nitrogen and oxygen atoms in total. The lowest BCUT2D eigenvalue weighted by molar-refractivity contribution is -0.117. The van der Waals surface area contributed by atoms with Gasteiger partial charge < -0.3 is 5.73 Å². The van der Waals surface area contributed by atoms with Crippen molar-refractivity contribution in [1.29, 1.82) is 0 Å². The Morgan fingerprint density at radius 2 is 2.17 bits per heavy atom. The molecule has 1 aromatic heterocycles. The van der Waals surface area contributed by atoms with E-state index in [0.29, 0.717) is 16.3 Å². The normalized spacial score (nSPS) is 11.4. The molecule has 0 atom stereocenters. The van der Waals surface area contributed by atoms with Crippen LogP contribution < -0.4 is 15.2 Å². The second-order valence-corrected chi connectivity index (χ2v) is 5.98. The van der Waals surface area contributed by atoms with Crippen LogP contribution in [0.25, 0.3) is 10.2 Å². The van der Waals surface area contributed by atoms with E-state index in [1.165, 1.54) is 11.3 Å². The number of rotatable bonds is 3. The highest BCUT2D eigenvalue weighted by atomic mass is 32.2. The van der Waals surface area contributed by atoms with E-state index in [2.05, 4.69) is 9.71 Å². The molecule has 2 rings (SSSR count). The van der Waals surface area contributed by atoms with Gasteiger partial charge in [-0.15, -0.1) is 0 Å². The number of hydrogen-bond acceptors (Lipinski definition) is 6. The third-order valence-corrected chi connectivity index (χ3v) is 3.84. The lowest BCUT2D eigenvalue weighted by Crippen LogP contribution is -2.33. The molecular formula is C9H10N4O3S2. The molecule has 0 aliphatic heterocycles. The summed E-state index contributed by atoms with van der Waals surface area (Å²) >= 11 is 1.25. The van der Waals surface area contributed by atoms with E-state index in [4.69, 9.17) is 5.73 Å². The molecule has 0 saturated carbocycles. The molecule has 2 aromatic rings. The number of carbonyl (C=O) groups is 1. The summed E-state index contributed by atoms with van der Waals surface area (Å²) in [6.45, 7) is 1.12. The van der Waals surface area contributed by atoms with Crippen molar-refractivity contribution < 1.29 is 13.2 Å². The molecule has 9 heteroatoms. The van der Waals surface area contributed by atoms with Gasteiger partial charge in [0.1, 0.15) is 0 Å². The first-order chi connectivity index (χ1) is 8.35. The number of fused-ring (bicyclic) bond motifs is 1. The number of nitrogens with zero attached hydrogens (tertiary/aromatic N) is 1. The molecule has 0 unspecified atom stereocenters. The fraction of sp³-hybridized carbons (Fsp3) is 0.111. The smallest absolute Gasteiger partial charge is 0.323 e. The summed E-state index contributed by atoms with van der Waals surface area (Å²) in [7, 11) is -3.89. The Labute approximate surface area is 107 Å². The van der Waals surface area contributed by atoms with Crippen molar-refractivity contribution in [3.63, 3.8) is 0 Å². The van der Waals surface area contributed by atoms with Gasteiger partial charge in [0.25, 0.3) is 0 Å². The number of nitrogen functional groups attached to an aromatic ring is 1. The Kier molecular flexibility index (Phi) is 3.09. The van der Waals surface area contributed by atoms with Crippen LogP contribution in [-0.2, 0) is 15.0 Å². The van der Waals surface area contributed by atoms with Crippen LogP contribution in [0.2, 0.25) is 0 Å². The molecule has 0 saturated heterocycles. The predicted octanol–water partition coefficient (Wildman–Crippen LogP) is 0.671. The number of amides is 1.